The molecule has 0 aliphatic rings. The van der Waals surface area contributed by atoms with Crippen LogP contribution in [0, 0.1) is 0 Å². The summed E-state index contributed by atoms with van der Waals surface area (Å²) in [6.07, 6.45) is 1.40. The molecule has 0 bridgehead atoms. The highest BCUT2D eigenvalue weighted by Gasteiger charge is 2.21. The number of pyridine rings is 1. The molecule has 0 spiro atoms. The van der Waals surface area contributed by atoms with Crippen molar-refractivity contribution in [3.05, 3.63) is 87.3 Å². The maximum atomic E-state index is 13.2. The van der Waals surface area contributed by atoms with E-state index < -0.39 is 5.25 Å². The number of anilines is 1. The van der Waals surface area contributed by atoms with Gasteiger partial charge in [-0.15, -0.1) is 0 Å². The minimum Gasteiger partial charge on any atom is -0.308 e. The third-order valence-electron chi connectivity index (χ3n) is 4.46. The predicted molar refractivity (Wildman–Crippen MR) is 126 cm³/mol. The first kappa shape index (κ1) is 21.4. The van der Waals surface area contributed by atoms with E-state index in [1.54, 1.807) is 25.1 Å². The lowest BCUT2D eigenvalue weighted by Gasteiger charge is -2.16. The smallest absolute Gasteiger partial charge is 0.266 e. The molecule has 31 heavy (non-hydrogen) atoms. The van der Waals surface area contributed by atoms with E-state index in [-0.39, 0.29) is 22.3 Å². The van der Waals surface area contributed by atoms with Crippen LogP contribution in [0.25, 0.3) is 16.6 Å². The molecule has 2 aromatic carbocycles. The van der Waals surface area contributed by atoms with E-state index in [4.69, 9.17) is 23.2 Å². The quantitative estimate of drug-likeness (QED) is 0.320. The van der Waals surface area contributed by atoms with Gasteiger partial charge in [0, 0.05) is 6.20 Å². The second-order valence-corrected chi connectivity index (χ2v) is 8.77. The number of carbonyl (C=O) groups is 1. The number of amides is 1. The molecular formula is C22H16Cl2N4O2S. The van der Waals surface area contributed by atoms with Gasteiger partial charge >= 0.3 is 0 Å². The molecule has 0 saturated heterocycles. The Morgan fingerprint density at radius 3 is 2.55 bits per heavy atom. The summed E-state index contributed by atoms with van der Waals surface area (Å²) in [6, 6.07) is 17.8. The summed E-state index contributed by atoms with van der Waals surface area (Å²) in [7, 11) is 0. The fourth-order valence-corrected chi connectivity index (χ4v) is 4.29. The number of hydrogen-bond acceptors (Lipinski definition) is 5. The molecule has 1 unspecified atom stereocenters. The van der Waals surface area contributed by atoms with Gasteiger partial charge in [-0.2, -0.15) is 0 Å². The zero-order valence-electron chi connectivity index (χ0n) is 16.3. The van der Waals surface area contributed by atoms with Gasteiger partial charge in [0.15, 0.2) is 11.0 Å². The normalized spacial score (nSPS) is 12.0. The van der Waals surface area contributed by atoms with E-state index in [0.29, 0.717) is 26.8 Å². The van der Waals surface area contributed by atoms with Gasteiger partial charge in [-0.05, 0) is 37.3 Å². The molecule has 0 aliphatic heterocycles. The molecule has 2 heterocycles. The lowest BCUT2D eigenvalue weighted by Crippen LogP contribution is -2.26. The van der Waals surface area contributed by atoms with Crippen LogP contribution in [0.4, 0.5) is 5.82 Å². The van der Waals surface area contributed by atoms with Crippen molar-refractivity contribution in [1.29, 1.82) is 0 Å². The first-order valence-corrected chi connectivity index (χ1v) is 10.9. The minimum absolute atomic E-state index is 0.200. The summed E-state index contributed by atoms with van der Waals surface area (Å²) in [6.45, 7) is 1.72. The molecule has 2 aromatic heterocycles. The van der Waals surface area contributed by atoms with Crippen molar-refractivity contribution in [3.8, 4) is 5.69 Å². The molecule has 1 N–H and O–H groups in total. The Labute approximate surface area is 192 Å². The summed E-state index contributed by atoms with van der Waals surface area (Å²) in [4.78, 5) is 34.7. The molecule has 9 heteroatoms. The zero-order chi connectivity index (χ0) is 22.0. The number of carbonyl (C=O) groups excluding carboxylic acids is 1. The average Bonchev–Trinajstić information content (AvgIpc) is 2.76. The maximum absolute atomic E-state index is 13.2. The Balaban J connectivity index is 1.70. The van der Waals surface area contributed by atoms with Crippen LogP contribution in [0.1, 0.15) is 6.92 Å². The molecular weight excluding hydrogens is 455 g/mol. The monoisotopic (exact) mass is 470 g/mol. The van der Waals surface area contributed by atoms with Gasteiger partial charge in [-0.3, -0.25) is 14.2 Å². The number of benzene rings is 2. The van der Waals surface area contributed by atoms with Crippen molar-refractivity contribution in [2.24, 2.45) is 0 Å². The average molecular weight is 471 g/mol. The molecule has 0 fully saturated rings. The fraction of sp³-hybridized carbons (Fsp3) is 0.0909. The Morgan fingerprint density at radius 2 is 1.81 bits per heavy atom. The minimum atomic E-state index is -0.587. The Kier molecular flexibility index (Phi) is 6.27. The third kappa shape index (κ3) is 4.58. The molecule has 0 radical (unpaired) electrons. The number of para-hydroxylation sites is 2. The van der Waals surface area contributed by atoms with Crippen LogP contribution in [0.2, 0.25) is 10.0 Å². The Bertz CT molecular complexity index is 1330. The van der Waals surface area contributed by atoms with Crippen LogP contribution in [-0.2, 0) is 4.79 Å². The SMILES string of the molecule is CC(Sc1nc2ccccc2c(=O)n1-c1ccccc1)C(=O)Nc1ncc(Cl)cc1Cl. The van der Waals surface area contributed by atoms with Gasteiger partial charge < -0.3 is 5.32 Å². The summed E-state index contributed by atoms with van der Waals surface area (Å²) in [5, 5.41) is 3.63. The van der Waals surface area contributed by atoms with Crippen LogP contribution in [0.15, 0.2) is 76.8 Å². The topological polar surface area (TPSA) is 76.9 Å². The van der Waals surface area contributed by atoms with Gasteiger partial charge in [0.2, 0.25) is 5.91 Å². The predicted octanol–water partition coefficient (Wildman–Crippen LogP) is 5.21. The number of rotatable bonds is 5. The van der Waals surface area contributed by atoms with Crippen molar-refractivity contribution >= 4 is 57.6 Å². The summed E-state index contributed by atoms with van der Waals surface area (Å²) >= 11 is 13.1. The second-order valence-electron chi connectivity index (χ2n) is 6.62. The molecule has 6 nitrogen and oxygen atoms in total. The summed E-state index contributed by atoms with van der Waals surface area (Å²) in [5.41, 5.74) is 1.04. The van der Waals surface area contributed by atoms with E-state index in [2.05, 4.69) is 15.3 Å². The molecule has 4 rings (SSSR count). The maximum Gasteiger partial charge on any atom is 0.266 e. The lowest BCUT2D eigenvalue weighted by molar-refractivity contribution is -0.115. The van der Waals surface area contributed by atoms with E-state index >= 15 is 0 Å². The highest BCUT2D eigenvalue weighted by atomic mass is 35.5. The van der Waals surface area contributed by atoms with Crippen LogP contribution in [0.3, 0.4) is 0 Å². The van der Waals surface area contributed by atoms with Gasteiger partial charge in [0.25, 0.3) is 5.56 Å². The number of aromatic nitrogens is 3. The zero-order valence-corrected chi connectivity index (χ0v) is 18.6. The highest BCUT2D eigenvalue weighted by molar-refractivity contribution is 8.00. The Hall–Kier alpha value is -2.87. The number of fused-ring (bicyclic) bond motifs is 1. The van der Waals surface area contributed by atoms with Gasteiger partial charge in [0.1, 0.15) is 0 Å². The molecule has 1 amide bonds. The number of hydrogen-bond donors (Lipinski definition) is 1. The largest absolute Gasteiger partial charge is 0.308 e. The summed E-state index contributed by atoms with van der Waals surface area (Å²) < 4.78 is 1.52. The van der Waals surface area contributed by atoms with Gasteiger partial charge in [-0.1, -0.05) is 65.3 Å². The molecule has 0 saturated carbocycles. The Morgan fingerprint density at radius 1 is 1.10 bits per heavy atom. The first-order chi connectivity index (χ1) is 14.9. The fourth-order valence-electron chi connectivity index (χ4n) is 2.93. The van der Waals surface area contributed by atoms with Gasteiger partial charge in [0.05, 0.1) is 31.9 Å². The third-order valence-corrected chi connectivity index (χ3v) is 6.01. The number of thioether (sulfide) groups is 1. The standard InChI is InChI=1S/C22H16Cl2N4O2S/c1-13(20(29)27-19-17(24)11-14(23)12-25-19)31-22-26-18-10-6-5-9-16(18)21(30)28(22)15-7-3-2-4-8-15/h2-13H,1H3,(H,25,27,29). The van der Waals surface area contributed by atoms with Crippen molar-refractivity contribution < 1.29 is 4.79 Å². The van der Waals surface area contributed by atoms with E-state index in [1.807, 2.05) is 36.4 Å². The van der Waals surface area contributed by atoms with Crippen LogP contribution in [-0.4, -0.2) is 25.7 Å². The van der Waals surface area contributed by atoms with Crippen LogP contribution in [0.5, 0.6) is 0 Å². The first-order valence-electron chi connectivity index (χ1n) is 9.30. The van der Waals surface area contributed by atoms with Crippen molar-refractivity contribution in [3.63, 3.8) is 0 Å². The van der Waals surface area contributed by atoms with E-state index in [0.717, 1.165) is 0 Å². The number of nitrogens with one attached hydrogen (secondary N) is 1. The van der Waals surface area contributed by atoms with Crippen LogP contribution >= 0.6 is 35.0 Å². The van der Waals surface area contributed by atoms with E-state index in [1.165, 1.54) is 28.6 Å². The van der Waals surface area contributed by atoms with Crippen LogP contribution < -0.4 is 10.9 Å². The number of halogens is 2. The van der Waals surface area contributed by atoms with E-state index in [9.17, 15) is 9.59 Å². The molecule has 1 atom stereocenters. The number of nitrogens with zero attached hydrogens (tertiary/aromatic N) is 3. The molecule has 0 aliphatic carbocycles. The van der Waals surface area contributed by atoms with Crippen molar-refractivity contribution in [2.75, 3.05) is 5.32 Å². The van der Waals surface area contributed by atoms with Gasteiger partial charge in [-0.25, -0.2) is 9.97 Å². The molecule has 4 aromatic rings. The summed E-state index contributed by atoms with van der Waals surface area (Å²) in [5.74, 6) is -0.112. The van der Waals surface area contributed by atoms with Crippen molar-refractivity contribution in [2.45, 2.75) is 17.3 Å². The lowest BCUT2D eigenvalue weighted by atomic mass is 10.2. The van der Waals surface area contributed by atoms with Crippen molar-refractivity contribution in [1.82, 2.24) is 14.5 Å². The highest BCUT2D eigenvalue weighted by Crippen LogP contribution is 2.27. The molecule has 156 valence electrons. The second kappa shape index (κ2) is 9.09.